The first-order valence-electron chi connectivity index (χ1n) is 8.66. The summed E-state index contributed by atoms with van der Waals surface area (Å²) < 4.78 is 32.7. The largest absolute Gasteiger partial charge is 0.459 e. The molecule has 0 bridgehead atoms. The first-order valence-corrected chi connectivity index (χ1v) is 10.1. The molecule has 0 aliphatic carbocycles. The summed E-state index contributed by atoms with van der Waals surface area (Å²) in [5.74, 6) is -0.0482. The van der Waals surface area contributed by atoms with E-state index in [4.69, 9.17) is 4.74 Å². The molecule has 0 spiro atoms. The zero-order valence-corrected chi connectivity index (χ0v) is 16.3. The van der Waals surface area contributed by atoms with Gasteiger partial charge in [-0.2, -0.15) is 0 Å². The molecule has 0 amide bonds. The molecule has 0 heterocycles. The Morgan fingerprint density at radius 1 is 1.00 bits per heavy atom. The van der Waals surface area contributed by atoms with E-state index in [1.165, 1.54) is 12.1 Å². The predicted molar refractivity (Wildman–Crippen MR) is 103 cm³/mol. The van der Waals surface area contributed by atoms with Gasteiger partial charge in [-0.1, -0.05) is 26.0 Å². The van der Waals surface area contributed by atoms with Crippen LogP contribution in [0.25, 0.3) is 0 Å². The molecule has 0 aliphatic heterocycles. The fraction of sp³-hybridized carbons (Fsp3) is 0.350. The number of anilines is 1. The monoisotopic (exact) mass is 375 g/mol. The van der Waals surface area contributed by atoms with Crippen molar-refractivity contribution in [3.63, 3.8) is 0 Å². The van der Waals surface area contributed by atoms with Gasteiger partial charge in [-0.05, 0) is 68.1 Å². The summed E-state index contributed by atoms with van der Waals surface area (Å²) in [7, 11) is -3.68. The van der Waals surface area contributed by atoms with Crippen LogP contribution >= 0.6 is 0 Å². The zero-order chi connectivity index (χ0) is 19.3. The number of nitrogens with one attached hydrogen (secondary N) is 1. The minimum Gasteiger partial charge on any atom is -0.459 e. The summed E-state index contributed by atoms with van der Waals surface area (Å²) in [5.41, 5.74) is 1.87. The highest BCUT2D eigenvalue weighted by Gasteiger charge is 2.15. The molecule has 0 aliphatic rings. The second kappa shape index (κ2) is 8.36. The summed E-state index contributed by atoms with van der Waals surface area (Å²) in [6, 6.07) is 13.1. The summed E-state index contributed by atoms with van der Waals surface area (Å²) in [6.07, 6.45) is 0.787. The number of esters is 1. The van der Waals surface area contributed by atoms with Crippen LogP contribution in [-0.4, -0.2) is 20.5 Å². The van der Waals surface area contributed by atoms with Gasteiger partial charge in [-0.3, -0.25) is 4.72 Å². The van der Waals surface area contributed by atoms with Gasteiger partial charge in [0, 0.05) is 5.69 Å². The van der Waals surface area contributed by atoms with Crippen LogP contribution in [0.15, 0.2) is 53.4 Å². The Hall–Kier alpha value is -2.34. The maximum Gasteiger partial charge on any atom is 0.338 e. The van der Waals surface area contributed by atoms with E-state index in [1.54, 1.807) is 38.1 Å². The van der Waals surface area contributed by atoms with Crippen LogP contribution in [0, 0.1) is 0 Å². The third-order valence-corrected chi connectivity index (χ3v) is 5.48. The van der Waals surface area contributed by atoms with Crippen LogP contribution in [0.2, 0.25) is 0 Å². The normalized spacial score (nSPS) is 12.7. The van der Waals surface area contributed by atoms with Crippen LogP contribution in [0.1, 0.15) is 56.0 Å². The first kappa shape index (κ1) is 20.0. The van der Waals surface area contributed by atoms with Crippen molar-refractivity contribution < 1.29 is 17.9 Å². The van der Waals surface area contributed by atoms with E-state index in [-0.39, 0.29) is 11.0 Å². The van der Waals surface area contributed by atoms with Crippen LogP contribution in [0.4, 0.5) is 5.69 Å². The number of carbonyl (C=O) groups excluding carboxylic acids is 1. The van der Waals surface area contributed by atoms with Gasteiger partial charge in [0.25, 0.3) is 10.0 Å². The Balaban J connectivity index is 2.12. The molecule has 5 nitrogen and oxygen atoms in total. The molecule has 2 aromatic rings. The SMILES string of the molecule is CC[C@@H](C)c1ccc(S(=O)(=O)Nc2ccc(C(=O)OC(C)C)cc2)cc1. The maximum absolute atomic E-state index is 12.5. The van der Waals surface area contributed by atoms with E-state index in [1.807, 2.05) is 12.1 Å². The maximum atomic E-state index is 12.5. The number of hydrogen-bond donors (Lipinski definition) is 1. The second-order valence-corrected chi connectivity index (χ2v) is 8.20. The molecule has 2 rings (SSSR count). The fourth-order valence-corrected chi connectivity index (χ4v) is 3.44. The lowest BCUT2D eigenvalue weighted by Gasteiger charge is -2.12. The summed E-state index contributed by atoms with van der Waals surface area (Å²) in [5, 5.41) is 0. The molecule has 1 N–H and O–H groups in total. The van der Waals surface area contributed by atoms with Crippen LogP contribution in [-0.2, 0) is 14.8 Å². The van der Waals surface area contributed by atoms with Crippen LogP contribution in [0.3, 0.4) is 0 Å². The van der Waals surface area contributed by atoms with Gasteiger partial charge < -0.3 is 4.74 Å². The van der Waals surface area contributed by atoms with Gasteiger partial charge >= 0.3 is 5.97 Å². The lowest BCUT2D eigenvalue weighted by Crippen LogP contribution is -2.14. The predicted octanol–water partition coefficient (Wildman–Crippen LogP) is 4.57. The Bertz CT molecular complexity index is 840. The van der Waals surface area contributed by atoms with Crippen molar-refractivity contribution in [3.8, 4) is 0 Å². The molecule has 6 heteroatoms. The Labute approximate surface area is 155 Å². The summed E-state index contributed by atoms with van der Waals surface area (Å²) in [6.45, 7) is 7.74. The summed E-state index contributed by atoms with van der Waals surface area (Å²) in [4.78, 5) is 12.0. The molecular formula is C20H25NO4S. The molecule has 0 unspecified atom stereocenters. The smallest absolute Gasteiger partial charge is 0.338 e. The Kier molecular flexibility index (Phi) is 6.42. The lowest BCUT2D eigenvalue weighted by molar-refractivity contribution is 0.0378. The number of rotatable bonds is 7. The molecular weight excluding hydrogens is 350 g/mol. The van der Waals surface area contributed by atoms with Crippen molar-refractivity contribution in [3.05, 3.63) is 59.7 Å². The molecule has 1 atom stereocenters. The lowest BCUT2D eigenvalue weighted by atomic mass is 9.99. The molecule has 0 radical (unpaired) electrons. The van der Waals surface area contributed by atoms with Crippen molar-refractivity contribution in [2.45, 2.75) is 51.0 Å². The van der Waals surface area contributed by atoms with Gasteiger partial charge in [0.15, 0.2) is 0 Å². The van der Waals surface area contributed by atoms with E-state index in [0.717, 1.165) is 12.0 Å². The second-order valence-electron chi connectivity index (χ2n) is 6.52. The topological polar surface area (TPSA) is 72.5 Å². The average molecular weight is 375 g/mol. The van der Waals surface area contributed by atoms with Crippen molar-refractivity contribution in [1.82, 2.24) is 0 Å². The van der Waals surface area contributed by atoms with Crippen LogP contribution in [0.5, 0.6) is 0 Å². The van der Waals surface area contributed by atoms with E-state index in [2.05, 4.69) is 18.6 Å². The number of benzene rings is 2. The molecule has 0 saturated heterocycles. The number of carbonyl (C=O) groups is 1. The van der Waals surface area contributed by atoms with E-state index < -0.39 is 16.0 Å². The van der Waals surface area contributed by atoms with Crippen molar-refractivity contribution in [1.29, 1.82) is 0 Å². The van der Waals surface area contributed by atoms with Crippen molar-refractivity contribution in [2.75, 3.05) is 4.72 Å². The van der Waals surface area contributed by atoms with Crippen molar-refractivity contribution in [2.24, 2.45) is 0 Å². The Morgan fingerprint density at radius 2 is 1.58 bits per heavy atom. The van der Waals surface area contributed by atoms with Gasteiger partial charge in [-0.25, -0.2) is 13.2 Å². The third-order valence-electron chi connectivity index (χ3n) is 4.09. The van der Waals surface area contributed by atoms with E-state index >= 15 is 0 Å². The third kappa shape index (κ3) is 5.08. The van der Waals surface area contributed by atoms with E-state index in [9.17, 15) is 13.2 Å². The zero-order valence-electron chi connectivity index (χ0n) is 15.5. The molecule has 0 fully saturated rings. The highest BCUT2D eigenvalue weighted by molar-refractivity contribution is 7.92. The van der Waals surface area contributed by atoms with Crippen LogP contribution < -0.4 is 4.72 Å². The molecule has 0 saturated carbocycles. The number of sulfonamides is 1. The van der Waals surface area contributed by atoms with E-state index in [0.29, 0.717) is 17.2 Å². The molecule has 140 valence electrons. The highest BCUT2D eigenvalue weighted by atomic mass is 32.2. The Morgan fingerprint density at radius 3 is 2.08 bits per heavy atom. The number of hydrogen-bond acceptors (Lipinski definition) is 4. The van der Waals surface area contributed by atoms with Gasteiger partial charge in [0.05, 0.1) is 16.6 Å². The fourth-order valence-electron chi connectivity index (χ4n) is 2.38. The van der Waals surface area contributed by atoms with Crippen molar-refractivity contribution >= 4 is 21.7 Å². The van der Waals surface area contributed by atoms with Gasteiger partial charge in [0.1, 0.15) is 0 Å². The molecule has 26 heavy (non-hydrogen) atoms. The highest BCUT2D eigenvalue weighted by Crippen LogP contribution is 2.22. The average Bonchev–Trinajstić information content (AvgIpc) is 2.61. The minimum absolute atomic E-state index is 0.202. The minimum atomic E-state index is -3.68. The quantitative estimate of drug-likeness (QED) is 0.720. The van der Waals surface area contributed by atoms with Gasteiger partial charge in [-0.15, -0.1) is 0 Å². The van der Waals surface area contributed by atoms with Gasteiger partial charge in [0.2, 0.25) is 0 Å². The first-order chi connectivity index (χ1) is 12.2. The molecule has 0 aromatic heterocycles. The summed E-state index contributed by atoms with van der Waals surface area (Å²) >= 11 is 0. The standard InChI is InChI=1S/C20H25NO4S/c1-5-15(4)16-8-12-19(13-9-16)26(23,24)21-18-10-6-17(7-11-18)20(22)25-14(2)3/h6-15,21H,5H2,1-4H3/t15-/m1/s1. The number of ether oxygens (including phenoxy) is 1. The molecule has 2 aromatic carbocycles.